The molecule has 0 aliphatic rings. The van der Waals surface area contributed by atoms with Crippen LogP contribution in [0.3, 0.4) is 0 Å². The third-order valence-electron chi connectivity index (χ3n) is 3.32. The number of anilines is 1. The largest absolute Gasteiger partial charge is 0.455 e. The van der Waals surface area contributed by atoms with Gasteiger partial charge < -0.3 is 4.42 Å². The maximum atomic E-state index is 11.3. The van der Waals surface area contributed by atoms with E-state index in [2.05, 4.69) is 10.5 Å². The zero-order chi connectivity index (χ0) is 17.9. The van der Waals surface area contributed by atoms with Crippen molar-refractivity contribution in [1.82, 2.24) is 0 Å². The van der Waals surface area contributed by atoms with Crippen LogP contribution in [0.5, 0.6) is 0 Å². The maximum absolute atomic E-state index is 11.3. The van der Waals surface area contributed by atoms with E-state index in [1.807, 2.05) is 0 Å². The highest BCUT2D eigenvalue weighted by Gasteiger charge is 2.09. The summed E-state index contributed by atoms with van der Waals surface area (Å²) in [6, 6.07) is 16.8. The molecule has 0 unspecified atom stereocenters. The summed E-state index contributed by atoms with van der Waals surface area (Å²) in [4.78, 5) is 0.0526. The van der Waals surface area contributed by atoms with Gasteiger partial charge in [-0.1, -0.05) is 11.6 Å². The molecule has 3 rings (SSSR count). The van der Waals surface area contributed by atoms with Crippen LogP contribution < -0.4 is 10.6 Å². The van der Waals surface area contributed by atoms with E-state index >= 15 is 0 Å². The molecular weight excluding hydrogens is 362 g/mol. The summed E-state index contributed by atoms with van der Waals surface area (Å²) in [5, 5.41) is 9.82. The lowest BCUT2D eigenvalue weighted by Gasteiger charge is -2.00. The molecular formula is C17H14ClN3O3S. The van der Waals surface area contributed by atoms with E-state index in [0.717, 1.165) is 11.3 Å². The fourth-order valence-electron chi connectivity index (χ4n) is 2.08. The van der Waals surface area contributed by atoms with E-state index in [4.69, 9.17) is 21.2 Å². The Bertz CT molecular complexity index is 994. The molecule has 0 aliphatic carbocycles. The molecule has 1 aromatic heterocycles. The lowest BCUT2D eigenvalue weighted by atomic mass is 10.2. The third kappa shape index (κ3) is 4.48. The van der Waals surface area contributed by atoms with Gasteiger partial charge in [-0.25, -0.2) is 13.6 Å². The monoisotopic (exact) mass is 375 g/mol. The maximum Gasteiger partial charge on any atom is 0.238 e. The van der Waals surface area contributed by atoms with Gasteiger partial charge in [-0.15, -0.1) is 0 Å². The Morgan fingerprint density at radius 3 is 2.32 bits per heavy atom. The highest BCUT2D eigenvalue weighted by molar-refractivity contribution is 7.89. The summed E-state index contributed by atoms with van der Waals surface area (Å²) >= 11 is 5.82. The van der Waals surface area contributed by atoms with Crippen LogP contribution in [0.2, 0.25) is 5.02 Å². The molecule has 0 radical (unpaired) electrons. The summed E-state index contributed by atoms with van der Waals surface area (Å²) in [7, 11) is -3.71. The molecule has 0 amide bonds. The van der Waals surface area contributed by atoms with Crippen molar-refractivity contribution >= 4 is 33.5 Å². The van der Waals surface area contributed by atoms with Gasteiger partial charge in [0.25, 0.3) is 0 Å². The number of hydrazone groups is 1. The van der Waals surface area contributed by atoms with E-state index in [1.54, 1.807) is 48.5 Å². The number of halogens is 1. The molecule has 25 heavy (non-hydrogen) atoms. The quantitative estimate of drug-likeness (QED) is 0.524. The number of primary sulfonamides is 1. The average Bonchev–Trinajstić information content (AvgIpc) is 3.05. The van der Waals surface area contributed by atoms with Crippen LogP contribution in [0.15, 0.2) is 75.1 Å². The number of rotatable bonds is 5. The molecule has 0 spiro atoms. The van der Waals surface area contributed by atoms with Crippen molar-refractivity contribution in [2.45, 2.75) is 4.90 Å². The van der Waals surface area contributed by atoms with Gasteiger partial charge in [-0.3, -0.25) is 5.43 Å². The zero-order valence-electron chi connectivity index (χ0n) is 12.9. The van der Waals surface area contributed by atoms with Crippen LogP contribution in [0, 0.1) is 0 Å². The summed E-state index contributed by atoms with van der Waals surface area (Å²) in [5.74, 6) is 1.14. The number of furan rings is 1. The second-order valence-corrected chi connectivity index (χ2v) is 7.15. The molecule has 128 valence electrons. The first-order valence-corrected chi connectivity index (χ1v) is 9.12. The molecule has 0 saturated carbocycles. The van der Waals surface area contributed by atoms with Gasteiger partial charge in [-0.05, 0) is 60.7 Å². The fraction of sp³-hybridized carbons (Fsp3) is 0. The Morgan fingerprint density at radius 2 is 1.68 bits per heavy atom. The van der Waals surface area contributed by atoms with Crippen LogP contribution >= 0.6 is 11.6 Å². The van der Waals surface area contributed by atoms with Crippen molar-refractivity contribution < 1.29 is 12.8 Å². The van der Waals surface area contributed by atoms with Crippen molar-refractivity contribution in [2.24, 2.45) is 10.2 Å². The minimum atomic E-state index is -3.71. The second kappa shape index (κ2) is 7.10. The van der Waals surface area contributed by atoms with E-state index in [-0.39, 0.29) is 4.90 Å². The van der Waals surface area contributed by atoms with Crippen molar-refractivity contribution in [2.75, 3.05) is 5.43 Å². The Morgan fingerprint density at radius 1 is 1.00 bits per heavy atom. The lowest BCUT2D eigenvalue weighted by molar-refractivity contribution is 0.575. The van der Waals surface area contributed by atoms with E-state index < -0.39 is 10.0 Å². The number of nitrogens with one attached hydrogen (secondary N) is 1. The molecule has 0 saturated heterocycles. The molecule has 6 nitrogen and oxygen atoms in total. The number of nitrogens with two attached hydrogens (primary N) is 1. The number of nitrogens with zero attached hydrogens (tertiary/aromatic N) is 1. The van der Waals surface area contributed by atoms with Gasteiger partial charge in [-0.2, -0.15) is 5.10 Å². The summed E-state index contributed by atoms with van der Waals surface area (Å²) in [5.41, 5.74) is 4.39. The highest BCUT2D eigenvalue weighted by Crippen LogP contribution is 2.23. The van der Waals surface area contributed by atoms with Gasteiger partial charge in [0.05, 0.1) is 16.8 Å². The Hall–Kier alpha value is -2.61. The normalized spacial score (nSPS) is 11.8. The first-order valence-electron chi connectivity index (χ1n) is 7.19. The van der Waals surface area contributed by atoms with Crippen LogP contribution in [0.4, 0.5) is 5.69 Å². The lowest BCUT2D eigenvalue weighted by Crippen LogP contribution is -2.11. The summed E-state index contributed by atoms with van der Waals surface area (Å²) < 4.78 is 28.2. The minimum absolute atomic E-state index is 0.0526. The Balaban J connectivity index is 1.69. The number of hydrogen-bond donors (Lipinski definition) is 2. The molecule has 0 atom stereocenters. The first kappa shape index (κ1) is 17.2. The molecule has 3 N–H and O–H groups in total. The van der Waals surface area contributed by atoms with E-state index in [1.165, 1.54) is 18.3 Å². The smallest absolute Gasteiger partial charge is 0.238 e. The molecule has 8 heteroatoms. The predicted octanol–water partition coefficient (Wildman–Crippen LogP) is 3.69. The van der Waals surface area contributed by atoms with Gasteiger partial charge in [0, 0.05) is 10.6 Å². The molecule has 2 aromatic carbocycles. The molecule has 3 aromatic rings. The van der Waals surface area contributed by atoms with Crippen molar-refractivity contribution in [3.05, 3.63) is 71.4 Å². The van der Waals surface area contributed by atoms with Gasteiger partial charge in [0.15, 0.2) is 0 Å². The number of benzene rings is 2. The van der Waals surface area contributed by atoms with Gasteiger partial charge >= 0.3 is 0 Å². The molecule has 0 bridgehead atoms. The summed E-state index contributed by atoms with van der Waals surface area (Å²) in [6.07, 6.45) is 1.54. The highest BCUT2D eigenvalue weighted by atomic mass is 35.5. The van der Waals surface area contributed by atoms with Crippen molar-refractivity contribution in [1.29, 1.82) is 0 Å². The topological polar surface area (TPSA) is 97.7 Å². The van der Waals surface area contributed by atoms with E-state index in [0.29, 0.717) is 16.5 Å². The van der Waals surface area contributed by atoms with Gasteiger partial charge in [0.1, 0.15) is 11.5 Å². The van der Waals surface area contributed by atoms with Crippen molar-refractivity contribution in [3.63, 3.8) is 0 Å². The van der Waals surface area contributed by atoms with Gasteiger partial charge in [0.2, 0.25) is 10.0 Å². The van der Waals surface area contributed by atoms with Crippen LogP contribution in [0.1, 0.15) is 5.76 Å². The molecule has 1 heterocycles. The zero-order valence-corrected chi connectivity index (χ0v) is 14.5. The standard InChI is InChI=1S/C17H14ClN3O3S/c18-13-3-5-14(6-4-13)21-20-11-15-7-10-17(24-15)12-1-8-16(9-2-12)25(19,22)23/h1-11,21H,(H2,19,22,23)/b20-11-. The first-order chi connectivity index (χ1) is 11.9. The third-order valence-corrected chi connectivity index (χ3v) is 4.51. The minimum Gasteiger partial charge on any atom is -0.455 e. The Kier molecular flexibility index (Phi) is 4.89. The van der Waals surface area contributed by atoms with Crippen LogP contribution in [-0.4, -0.2) is 14.6 Å². The van der Waals surface area contributed by atoms with Crippen LogP contribution in [-0.2, 0) is 10.0 Å². The average molecular weight is 376 g/mol. The van der Waals surface area contributed by atoms with Crippen LogP contribution in [0.25, 0.3) is 11.3 Å². The molecule has 0 fully saturated rings. The Labute approximate surface area is 150 Å². The molecule has 0 aliphatic heterocycles. The second-order valence-electron chi connectivity index (χ2n) is 5.15. The SMILES string of the molecule is NS(=O)(=O)c1ccc(-c2ccc(/C=N\Nc3ccc(Cl)cc3)o2)cc1. The van der Waals surface area contributed by atoms with E-state index in [9.17, 15) is 8.42 Å². The summed E-state index contributed by atoms with van der Waals surface area (Å²) in [6.45, 7) is 0. The number of hydrogen-bond acceptors (Lipinski definition) is 5. The number of sulfonamides is 1. The fourth-order valence-corrected chi connectivity index (χ4v) is 2.72. The van der Waals surface area contributed by atoms with Crippen molar-refractivity contribution in [3.8, 4) is 11.3 Å². The predicted molar refractivity (Wildman–Crippen MR) is 98.2 cm³/mol.